The summed E-state index contributed by atoms with van der Waals surface area (Å²) in [6, 6.07) is 0.420. The second kappa shape index (κ2) is 10.2. The van der Waals surface area contributed by atoms with Gasteiger partial charge < -0.3 is 16.4 Å². The van der Waals surface area contributed by atoms with Crippen molar-refractivity contribution in [2.24, 2.45) is 10.7 Å². The zero-order valence-electron chi connectivity index (χ0n) is 10.7. The van der Waals surface area contributed by atoms with Gasteiger partial charge in [0.05, 0.1) is 0 Å². The molecule has 1 aliphatic carbocycles. The van der Waals surface area contributed by atoms with Gasteiger partial charge in [-0.05, 0) is 12.8 Å². The number of aliphatic imine (C=N–C) groups is 1. The molecule has 0 radical (unpaired) electrons. The van der Waals surface area contributed by atoms with Crippen LogP contribution < -0.4 is 16.4 Å². The van der Waals surface area contributed by atoms with Gasteiger partial charge in [-0.25, -0.2) is 4.99 Å². The topological polar surface area (TPSA) is 79.5 Å². The Hall–Kier alpha value is -0.790. The van der Waals surface area contributed by atoms with Gasteiger partial charge >= 0.3 is 0 Å². The summed E-state index contributed by atoms with van der Waals surface area (Å²) in [7, 11) is 0. The number of carbonyl (C=O) groups is 1. The van der Waals surface area contributed by atoms with Gasteiger partial charge in [-0.3, -0.25) is 4.79 Å². The molecule has 0 aromatic rings. The van der Waals surface area contributed by atoms with E-state index in [1.54, 1.807) is 6.08 Å². The molecule has 1 amide bonds. The zero-order chi connectivity index (χ0) is 12.5. The minimum atomic E-state index is -0.140. The van der Waals surface area contributed by atoms with Crippen LogP contribution in [0.5, 0.6) is 0 Å². The lowest BCUT2D eigenvalue weighted by molar-refractivity contribution is -0.119. The number of rotatable bonds is 5. The molecule has 1 fully saturated rings. The van der Waals surface area contributed by atoms with Crippen LogP contribution in [0.1, 0.15) is 32.1 Å². The van der Waals surface area contributed by atoms with Gasteiger partial charge in [-0.15, -0.1) is 30.6 Å². The number of amides is 1. The molecule has 1 rings (SSSR count). The summed E-state index contributed by atoms with van der Waals surface area (Å²) in [4.78, 5) is 15.3. The van der Waals surface area contributed by atoms with Crippen molar-refractivity contribution in [3.05, 3.63) is 12.7 Å². The van der Waals surface area contributed by atoms with Gasteiger partial charge in [0.2, 0.25) is 5.91 Å². The Kier molecular flexibility index (Phi) is 9.72. The normalized spacial score (nSPS) is 16.6. The number of nitrogens with one attached hydrogen (secondary N) is 2. The molecule has 6 heteroatoms. The van der Waals surface area contributed by atoms with Crippen molar-refractivity contribution in [2.45, 2.75) is 38.1 Å². The SMILES string of the molecule is C=CCNC(=O)CN=C(N)NC1CCCCC1.I. The molecule has 1 aliphatic rings. The van der Waals surface area contributed by atoms with E-state index in [1.807, 2.05) is 0 Å². The van der Waals surface area contributed by atoms with Crippen LogP contribution in [-0.4, -0.2) is 31.0 Å². The second-order valence-corrected chi connectivity index (χ2v) is 4.27. The Labute approximate surface area is 126 Å². The predicted molar refractivity (Wildman–Crippen MR) is 85.1 cm³/mol. The van der Waals surface area contributed by atoms with Crippen LogP contribution in [0.25, 0.3) is 0 Å². The highest BCUT2D eigenvalue weighted by Gasteiger charge is 2.13. The van der Waals surface area contributed by atoms with Crippen LogP contribution in [0.3, 0.4) is 0 Å². The van der Waals surface area contributed by atoms with Crippen molar-refractivity contribution in [1.29, 1.82) is 0 Å². The highest BCUT2D eigenvalue weighted by Crippen LogP contribution is 2.16. The van der Waals surface area contributed by atoms with Gasteiger partial charge in [0.15, 0.2) is 5.96 Å². The summed E-state index contributed by atoms with van der Waals surface area (Å²) >= 11 is 0. The molecule has 5 nitrogen and oxygen atoms in total. The second-order valence-electron chi connectivity index (χ2n) is 4.27. The van der Waals surface area contributed by atoms with E-state index in [-0.39, 0.29) is 36.4 Å². The third kappa shape index (κ3) is 7.52. The summed E-state index contributed by atoms with van der Waals surface area (Å²) in [6.45, 7) is 4.05. The number of nitrogens with two attached hydrogens (primary N) is 1. The Balaban J connectivity index is 0.00000289. The van der Waals surface area contributed by atoms with Gasteiger partial charge in [-0.2, -0.15) is 0 Å². The van der Waals surface area contributed by atoms with Gasteiger partial charge in [0.25, 0.3) is 0 Å². The molecule has 0 saturated heterocycles. The summed E-state index contributed by atoms with van der Waals surface area (Å²) in [6.07, 6.45) is 7.69. The molecule has 0 aliphatic heterocycles. The Morgan fingerprint density at radius 3 is 2.67 bits per heavy atom. The highest BCUT2D eigenvalue weighted by atomic mass is 127. The van der Waals surface area contributed by atoms with E-state index in [0.717, 1.165) is 12.8 Å². The first-order valence-electron chi connectivity index (χ1n) is 6.16. The van der Waals surface area contributed by atoms with E-state index >= 15 is 0 Å². The van der Waals surface area contributed by atoms with Crippen molar-refractivity contribution in [1.82, 2.24) is 10.6 Å². The monoisotopic (exact) mass is 366 g/mol. The van der Waals surface area contributed by atoms with E-state index in [9.17, 15) is 4.79 Å². The van der Waals surface area contributed by atoms with Crippen LogP contribution in [-0.2, 0) is 4.79 Å². The third-order valence-corrected chi connectivity index (χ3v) is 2.79. The molecule has 0 aromatic carbocycles. The average Bonchev–Trinajstić information content (AvgIpc) is 2.35. The van der Waals surface area contributed by atoms with Gasteiger partial charge in [0.1, 0.15) is 6.54 Å². The smallest absolute Gasteiger partial charge is 0.242 e. The van der Waals surface area contributed by atoms with Crippen molar-refractivity contribution < 1.29 is 4.79 Å². The average molecular weight is 366 g/mol. The summed E-state index contributed by atoms with van der Waals surface area (Å²) in [5, 5.41) is 5.80. The van der Waals surface area contributed by atoms with Gasteiger partial charge in [-0.1, -0.05) is 25.3 Å². The van der Waals surface area contributed by atoms with Crippen molar-refractivity contribution in [2.75, 3.05) is 13.1 Å². The van der Waals surface area contributed by atoms with Crippen molar-refractivity contribution in [3.8, 4) is 0 Å². The van der Waals surface area contributed by atoms with Crippen LogP contribution in [0.2, 0.25) is 0 Å². The predicted octanol–water partition coefficient (Wildman–Crippen LogP) is 1.14. The highest BCUT2D eigenvalue weighted by molar-refractivity contribution is 14.0. The molecular formula is C12H23IN4O. The lowest BCUT2D eigenvalue weighted by atomic mass is 9.96. The first-order valence-corrected chi connectivity index (χ1v) is 6.16. The summed E-state index contributed by atoms with van der Waals surface area (Å²) < 4.78 is 0. The quantitative estimate of drug-likeness (QED) is 0.296. The summed E-state index contributed by atoms with van der Waals surface area (Å²) in [5.74, 6) is 0.226. The van der Waals surface area contributed by atoms with Crippen molar-refractivity contribution >= 4 is 35.8 Å². The molecule has 0 aromatic heterocycles. The number of nitrogens with zero attached hydrogens (tertiary/aromatic N) is 1. The molecule has 0 heterocycles. The molecule has 1 saturated carbocycles. The molecule has 0 atom stereocenters. The standard InChI is InChI=1S/C12H22N4O.HI/c1-2-8-14-11(17)9-15-12(13)16-10-6-4-3-5-7-10;/h2,10H,1,3-9H2,(H,14,17)(H3,13,15,16);1H. The number of hydrogen-bond donors (Lipinski definition) is 3. The zero-order valence-corrected chi connectivity index (χ0v) is 13.0. The minimum Gasteiger partial charge on any atom is -0.370 e. The maximum atomic E-state index is 11.2. The maximum absolute atomic E-state index is 11.2. The molecule has 104 valence electrons. The molecule has 4 N–H and O–H groups in total. The van der Waals surface area contributed by atoms with E-state index < -0.39 is 0 Å². The lowest BCUT2D eigenvalue weighted by Crippen LogP contribution is -2.41. The fourth-order valence-electron chi connectivity index (χ4n) is 1.90. The van der Waals surface area contributed by atoms with Crippen molar-refractivity contribution in [3.63, 3.8) is 0 Å². The third-order valence-electron chi connectivity index (χ3n) is 2.79. The number of carbonyl (C=O) groups excluding carboxylic acids is 1. The Bertz CT molecular complexity index is 288. The number of halogens is 1. The molecule has 18 heavy (non-hydrogen) atoms. The number of hydrogen-bond acceptors (Lipinski definition) is 2. The first-order chi connectivity index (χ1) is 8.22. The summed E-state index contributed by atoms with van der Waals surface area (Å²) in [5.41, 5.74) is 5.72. The largest absolute Gasteiger partial charge is 0.370 e. The first kappa shape index (κ1) is 17.2. The Morgan fingerprint density at radius 1 is 1.39 bits per heavy atom. The lowest BCUT2D eigenvalue weighted by Gasteiger charge is -2.23. The fraction of sp³-hybridized carbons (Fsp3) is 0.667. The fourth-order valence-corrected chi connectivity index (χ4v) is 1.90. The Morgan fingerprint density at radius 2 is 2.06 bits per heavy atom. The molecule has 0 spiro atoms. The van der Waals surface area contributed by atoms with Gasteiger partial charge in [0, 0.05) is 12.6 Å². The van der Waals surface area contributed by atoms with E-state index in [0.29, 0.717) is 18.5 Å². The minimum absolute atomic E-state index is 0. The van der Waals surface area contributed by atoms with E-state index in [2.05, 4.69) is 22.2 Å². The van der Waals surface area contributed by atoms with Crippen LogP contribution in [0.4, 0.5) is 0 Å². The van der Waals surface area contributed by atoms with E-state index in [1.165, 1.54) is 19.3 Å². The van der Waals surface area contributed by atoms with Crippen LogP contribution in [0.15, 0.2) is 17.6 Å². The molecule has 0 unspecified atom stereocenters. The number of guanidine groups is 1. The maximum Gasteiger partial charge on any atom is 0.242 e. The van der Waals surface area contributed by atoms with Crippen LogP contribution >= 0.6 is 24.0 Å². The van der Waals surface area contributed by atoms with E-state index in [4.69, 9.17) is 5.73 Å². The molecule has 0 bridgehead atoms. The molecular weight excluding hydrogens is 343 g/mol. The van der Waals surface area contributed by atoms with Crippen LogP contribution in [0, 0.1) is 0 Å².